The van der Waals surface area contributed by atoms with Crippen LogP contribution in [-0.2, 0) is 0 Å². The highest BCUT2D eigenvalue weighted by atomic mass is 35.5. The van der Waals surface area contributed by atoms with Gasteiger partial charge in [0.15, 0.2) is 0 Å². The van der Waals surface area contributed by atoms with Gasteiger partial charge in [-0.3, -0.25) is 0 Å². The molecule has 1 aliphatic rings. The monoisotopic (exact) mass is 286 g/mol. The maximum Gasteiger partial charge on any atom is 0.0600 e. The summed E-state index contributed by atoms with van der Waals surface area (Å²) in [4.78, 5) is 0. The number of hydrogen-bond acceptors (Lipinski definition) is 2. The number of hydrogen-bond donors (Lipinski definition) is 2. The molecule has 0 fully saturated rings. The Bertz CT molecular complexity index is 624. The van der Waals surface area contributed by atoms with E-state index in [1.54, 1.807) is 0 Å². The first-order chi connectivity index (χ1) is 9.70. The maximum absolute atomic E-state index is 6.19. The van der Waals surface area contributed by atoms with Gasteiger partial charge in [-0.1, -0.05) is 42.8 Å². The number of benzene rings is 2. The fourth-order valence-corrected chi connectivity index (χ4v) is 3.20. The molecule has 2 N–H and O–H groups in total. The maximum atomic E-state index is 6.19. The third kappa shape index (κ3) is 2.30. The second-order valence-electron chi connectivity index (χ2n) is 5.35. The van der Waals surface area contributed by atoms with Crippen LogP contribution in [0, 0.1) is 0 Å². The zero-order valence-electron chi connectivity index (χ0n) is 11.8. The van der Waals surface area contributed by atoms with Crippen LogP contribution in [0.15, 0.2) is 42.5 Å². The highest BCUT2D eigenvalue weighted by molar-refractivity contribution is 6.30. The fraction of sp³-hybridized carbons (Fsp3) is 0.294. The summed E-state index contributed by atoms with van der Waals surface area (Å²) in [5.41, 5.74) is 5.11. The molecule has 20 heavy (non-hydrogen) atoms. The van der Waals surface area contributed by atoms with Crippen LogP contribution in [-0.4, -0.2) is 13.6 Å². The Labute approximate surface area is 125 Å². The standard InChI is InChI=1S/C17H19ClN2/c1-11-10-20-17(14-6-4-3-5-13(11)14)15-9-12(18)7-8-16(15)19-2/h3-9,11,17,19-20H,10H2,1-2H3/t11-,17+/m0/s1. The highest BCUT2D eigenvalue weighted by Gasteiger charge is 2.26. The van der Waals surface area contributed by atoms with E-state index in [4.69, 9.17) is 11.6 Å². The molecule has 0 amide bonds. The Balaban J connectivity index is 2.12. The van der Waals surface area contributed by atoms with Crippen LogP contribution in [0.25, 0.3) is 0 Å². The van der Waals surface area contributed by atoms with E-state index in [1.165, 1.54) is 16.7 Å². The van der Waals surface area contributed by atoms with E-state index in [-0.39, 0.29) is 6.04 Å². The smallest absolute Gasteiger partial charge is 0.0600 e. The summed E-state index contributed by atoms with van der Waals surface area (Å²) in [6.07, 6.45) is 0. The second kappa shape index (κ2) is 5.47. The first-order valence-corrected chi connectivity index (χ1v) is 7.38. The van der Waals surface area contributed by atoms with Gasteiger partial charge in [0.25, 0.3) is 0 Å². The summed E-state index contributed by atoms with van der Waals surface area (Å²) >= 11 is 6.19. The second-order valence-corrected chi connectivity index (χ2v) is 5.79. The molecule has 0 spiro atoms. The van der Waals surface area contributed by atoms with E-state index in [2.05, 4.69) is 47.9 Å². The van der Waals surface area contributed by atoms with E-state index in [0.717, 1.165) is 17.3 Å². The normalized spacial score (nSPS) is 21.4. The molecular formula is C17H19ClN2. The predicted octanol–water partition coefficient (Wildman–Crippen LogP) is 4.18. The van der Waals surface area contributed by atoms with E-state index in [1.807, 2.05) is 19.2 Å². The van der Waals surface area contributed by atoms with Gasteiger partial charge in [0, 0.05) is 24.3 Å². The first kappa shape index (κ1) is 13.5. The van der Waals surface area contributed by atoms with Crippen molar-refractivity contribution < 1.29 is 0 Å². The minimum atomic E-state index is 0.198. The summed E-state index contributed by atoms with van der Waals surface area (Å²) in [6.45, 7) is 3.25. The minimum Gasteiger partial charge on any atom is -0.388 e. The van der Waals surface area contributed by atoms with Gasteiger partial charge in [0.05, 0.1) is 6.04 Å². The van der Waals surface area contributed by atoms with Crippen molar-refractivity contribution in [1.82, 2.24) is 5.32 Å². The van der Waals surface area contributed by atoms with Crippen molar-refractivity contribution in [3.8, 4) is 0 Å². The van der Waals surface area contributed by atoms with Crippen molar-refractivity contribution in [1.29, 1.82) is 0 Å². The highest BCUT2D eigenvalue weighted by Crippen LogP contribution is 2.37. The van der Waals surface area contributed by atoms with E-state index >= 15 is 0 Å². The summed E-state index contributed by atoms with van der Waals surface area (Å²) in [5.74, 6) is 0.541. The topological polar surface area (TPSA) is 24.1 Å². The average molecular weight is 287 g/mol. The number of nitrogens with one attached hydrogen (secondary N) is 2. The lowest BCUT2D eigenvalue weighted by Crippen LogP contribution is -2.33. The van der Waals surface area contributed by atoms with Gasteiger partial charge in [-0.25, -0.2) is 0 Å². The molecule has 104 valence electrons. The molecule has 0 saturated heterocycles. The minimum absolute atomic E-state index is 0.198. The van der Waals surface area contributed by atoms with Crippen molar-refractivity contribution in [2.45, 2.75) is 18.9 Å². The SMILES string of the molecule is CNc1ccc(Cl)cc1[C@@H]1NC[C@H](C)c2ccccc21. The van der Waals surface area contributed by atoms with Gasteiger partial charge in [-0.15, -0.1) is 0 Å². The van der Waals surface area contributed by atoms with Crippen LogP contribution >= 0.6 is 11.6 Å². The quantitative estimate of drug-likeness (QED) is 0.865. The first-order valence-electron chi connectivity index (χ1n) is 7.00. The lowest BCUT2D eigenvalue weighted by atomic mass is 9.84. The Kier molecular flexibility index (Phi) is 3.68. The van der Waals surface area contributed by atoms with Gasteiger partial charge < -0.3 is 10.6 Å². The number of anilines is 1. The lowest BCUT2D eigenvalue weighted by Gasteiger charge is -2.32. The molecule has 3 rings (SSSR count). The summed E-state index contributed by atoms with van der Waals surface area (Å²) in [5, 5.41) is 7.68. The molecular weight excluding hydrogens is 268 g/mol. The molecule has 2 nitrogen and oxygen atoms in total. The zero-order valence-corrected chi connectivity index (χ0v) is 12.5. The van der Waals surface area contributed by atoms with Crippen molar-refractivity contribution in [2.24, 2.45) is 0 Å². The summed E-state index contributed by atoms with van der Waals surface area (Å²) in [6, 6.07) is 14.9. The van der Waals surface area contributed by atoms with Gasteiger partial charge in [-0.2, -0.15) is 0 Å². The third-order valence-electron chi connectivity index (χ3n) is 4.06. The van der Waals surface area contributed by atoms with E-state index < -0.39 is 0 Å². The van der Waals surface area contributed by atoms with Crippen LogP contribution in [0.5, 0.6) is 0 Å². The van der Waals surface area contributed by atoms with Gasteiger partial charge in [-0.05, 0) is 40.8 Å². The molecule has 0 aromatic heterocycles. The Hall–Kier alpha value is -1.51. The van der Waals surface area contributed by atoms with Crippen LogP contribution in [0.4, 0.5) is 5.69 Å². The number of halogens is 1. The van der Waals surface area contributed by atoms with Crippen molar-refractivity contribution in [3.63, 3.8) is 0 Å². The largest absolute Gasteiger partial charge is 0.388 e. The molecule has 1 heterocycles. The molecule has 1 aliphatic heterocycles. The molecule has 3 heteroatoms. The lowest BCUT2D eigenvalue weighted by molar-refractivity contribution is 0.517. The van der Waals surface area contributed by atoms with Crippen LogP contribution in [0.3, 0.4) is 0 Å². The van der Waals surface area contributed by atoms with Crippen LogP contribution < -0.4 is 10.6 Å². The van der Waals surface area contributed by atoms with Crippen molar-refractivity contribution >= 4 is 17.3 Å². The Morgan fingerprint density at radius 2 is 1.85 bits per heavy atom. The fourth-order valence-electron chi connectivity index (χ4n) is 3.01. The molecule has 0 radical (unpaired) electrons. The van der Waals surface area contributed by atoms with Crippen LogP contribution in [0.2, 0.25) is 5.02 Å². The molecule has 0 unspecified atom stereocenters. The predicted molar refractivity (Wildman–Crippen MR) is 85.7 cm³/mol. The molecule has 0 saturated carbocycles. The molecule has 2 aromatic rings. The van der Waals surface area contributed by atoms with E-state index in [0.29, 0.717) is 5.92 Å². The molecule has 0 aliphatic carbocycles. The summed E-state index contributed by atoms with van der Waals surface area (Å²) in [7, 11) is 1.95. The van der Waals surface area contributed by atoms with Gasteiger partial charge >= 0.3 is 0 Å². The number of rotatable bonds is 2. The van der Waals surface area contributed by atoms with Crippen molar-refractivity contribution in [3.05, 3.63) is 64.2 Å². The zero-order chi connectivity index (χ0) is 14.1. The van der Waals surface area contributed by atoms with Crippen molar-refractivity contribution in [2.75, 3.05) is 18.9 Å². The van der Waals surface area contributed by atoms with Crippen LogP contribution in [0.1, 0.15) is 35.6 Å². The Morgan fingerprint density at radius 3 is 2.60 bits per heavy atom. The Morgan fingerprint density at radius 1 is 1.10 bits per heavy atom. The van der Waals surface area contributed by atoms with E-state index in [9.17, 15) is 0 Å². The third-order valence-corrected chi connectivity index (χ3v) is 4.30. The average Bonchev–Trinajstić information content (AvgIpc) is 2.48. The number of fused-ring (bicyclic) bond motifs is 1. The molecule has 0 bridgehead atoms. The van der Waals surface area contributed by atoms with Gasteiger partial charge in [0.1, 0.15) is 0 Å². The summed E-state index contributed by atoms with van der Waals surface area (Å²) < 4.78 is 0. The molecule has 2 aromatic carbocycles. The molecule has 2 atom stereocenters. The van der Waals surface area contributed by atoms with Gasteiger partial charge in [0.2, 0.25) is 0 Å².